The van der Waals surface area contributed by atoms with Crippen molar-refractivity contribution in [3.63, 3.8) is 0 Å². The molecule has 2 aromatic carbocycles. The third-order valence-electron chi connectivity index (χ3n) is 3.49. The van der Waals surface area contributed by atoms with Crippen LogP contribution in [-0.4, -0.2) is 26.9 Å². The van der Waals surface area contributed by atoms with Crippen molar-refractivity contribution < 1.29 is 4.74 Å². The van der Waals surface area contributed by atoms with Crippen LogP contribution in [0.2, 0.25) is 10.0 Å². The van der Waals surface area contributed by atoms with Crippen LogP contribution in [0, 0.1) is 0 Å². The van der Waals surface area contributed by atoms with Gasteiger partial charge in [-0.3, -0.25) is 0 Å². The van der Waals surface area contributed by atoms with E-state index in [-0.39, 0.29) is 0 Å². The lowest BCUT2D eigenvalue weighted by atomic mass is 10.2. The summed E-state index contributed by atoms with van der Waals surface area (Å²) >= 11 is 13.5. The Kier molecular flexibility index (Phi) is 3.88. The van der Waals surface area contributed by atoms with Crippen LogP contribution < -0.4 is 4.74 Å². The standard InChI is InChI=1S/C16H10Cl2N4OS/c1-23-13-7-6-11(18)8-12(13)15-21-22-14(19-20-16(22)24-15)9-2-4-10(17)5-3-9/h2-8H,1H3. The highest BCUT2D eigenvalue weighted by Crippen LogP contribution is 2.35. The molecule has 0 atom stereocenters. The van der Waals surface area contributed by atoms with Gasteiger partial charge in [0.15, 0.2) is 10.8 Å². The fourth-order valence-electron chi connectivity index (χ4n) is 2.35. The van der Waals surface area contributed by atoms with Crippen molar-refractivity contribution >= 4 is 39.5 Å². The average Bonchev–Trinajstić information content (AvgIpc) is 3.16. The number of benzene rings is 2. The summed E-state index contributed by atoms with van der Waals surface area (Å²) in [5, 5.41) is 15.1. The number of hydrogen-bond acceptors (Lipinski definition) is 5. The number of ether oxygens (including phenoxy) is 1. The molecule has 0 N–H and O–H groups in total. The van der Waals surface area contributed by atoms with Gasteiger partial charge < -0.3 is 4.74 Å². The van der Waals surface area contributed by atoms with Gasteiger partial charge in [-0.1, -0.05) is 34.5 Å². The van der Waals surface area contributed by atoms with Crippen LogP contribution >= 0.6 is 34.5 Å². The summed E-state index contributed by atoms with van der Waals surface area (Å²) in [6.45, 7) is 0. The third kappa shape index (κ3) is 2.62. The van der Waals surface area contributed by atoms with Crippen LogP contribution in [0.15, 0.2) is 42.5 Å². The van der Waals surface area contributed by atoms with Crippen molar-refractivity contribution in [1.82, 2.24) is 19.8 Å². The summed E-state index contributed by atoms with van der Waals surface area (Å²) in [6.07, 6.45) is 0. The molecular weight excluding hydrogens is 367 g/mol. The maximum Gasteiger partial charge on any atom is 0.235 e. The van der Waals surface area contributed by atoms with E-state index in [1.165, 1.54) is 11.3 Å². The van der Waals surface area contributed by atoms with Crippen molar-refractivity contribution in [3.8, 4) is 27.7 Å². The number of aromatic nitrogens is 4. The second kappa shape index (κ2) is 6.05. The zero-order chi connectivity index (χ0) is 16.7. The van der Waals surface area contributed by atoms with Gasteiger partial charge in [0, 0.05) is 15.6 Å². The second-order valence-corrected chi connectivity index (χ2v) is 6.81. The van der Waals surface area contributed by atoms with Crippen LogP contribution in [0.3, 0.4) is 0 Å². The van der Waals surface area contributed by atoms with E-state index in [1.54, 1.807) is 17.7 Å². The van der Waals surface area contributed by atoms with Crippen molar-refractivity contribution in [2.45, 2.75) is 0 Å². The molecule has 0 saturated heterocycles. The van der Waals surface area contributed by atoms with Gasteiger partial charge in [-0.15, -0.1) is 10.2 Å². The molecule has 120 valence electrons. The van der Waals surface area contributed by atoms with E-state index in [0.717, 1.165) is 16.1 Å². The Bertz CT molecular complexity index is 1030. The van der Waals surface area contributed by atoms with Crippen molar-refractivity contribution in [2.24, 2.45) is 0 Å². The molecular formula is C16H10Cl2N4OS. The summed E-state index contributed by atoms with van der Waals surface area (Å²) < 4.78 is 7.12. The van der Waals surface area contributed by atoms with E-state index >= 15 is 0 Å². The predicted octanol–water partition coefficient (Wildman–Crippen LogP) is 4.84. The first-order chi connectivity index (χ1) is 11.7. The smallest absolute Gasteiger partial charge is 0.235 e. The van der Waals surface area contributed by atoms with Crippen LogP contribution in [0.5, 0.6) is 5.75 Å². The molecule has 0 radical (unpaired) electrons. The molecule has 2 aromatic heterocycles. The van der Waals surface area contributed by atoms with Gasteiger partial charge in [0.1, 0.15) is 5.75 Å². The molecule has 0 aliphatic carbocycles. The fourth-order valence-corrected chi connectivity index (χ4v) is 3.51. The number of nitrogens with zero attached hydrogens (tertiary/aromatic N) is 4. The van der Waals surface area contributed by atoms with Gasteiger partial charge in [0.05, 0.1) is 12.7 Å². The Morgan fingerprint density at radius 2 is 1.75 bits per heavy atom. The topological polar surface area (TPSA) is 52.3 Å². The summed E-state index contributed by atoms with van der Waals surface area (Å²) in [5.74, 6) is 1.36. The molecule has 24 heavy (non-hydrogen) atoms. The molecule has 8 heteroatoms. The highest BCUT2D eigenvalue weighted by atomic mass is 35.5. The lowest BCUT2D eigenvalue weighted by molar-refractivity contribution is 0.416. The van der Waals surface area contributed by atoms with E-state index in [9.17, 15) is 0 Å². The zero-order valence-electron chi connectivity index (χ0n) is 12.4. The van der Waals surface area contributed by atoms with Gasteiger partial charge in [-0.25, -0.2) is 0 Å². The summed E-state index contributed by atoms with van der Waals surface area (Å²) in [5.41, 5.74) is 1.71. The van der Waals surface area contributed by atoms with Crippen molar-refractivity contribution in [2.75, 3.05) is 7.11 Å². The molecule has 0 spiro atoms. The first-order valence-electron chi connectivity index (χ1n) is 6.98. The Morgan fingerprint density at radius 3 is 2.50 bits per heavy atom. The first-order valence-corrected chi connectivity index (χ1v) is 8.55. The Balaban J connectivity index is 1.86. The van der Waals surface area contributed by atoms with Crippen LogP contribution in [-0.2, 0) is 0 Å². The summed E-state index contributed by atoms with van der Waals surface area (Å²) in [7, 11) is 1.62. The Morgan fingerprint density at radius 1 is 1.00 bits per heavy atom. The highest BCUT2D eigenvalue weighted by Gasteiger charge is 2.17. The first kappa shape index (κ1) is 15.4. The number of fused-ring (bicyclic) bond motifs is 1. The quantitative estimate of drug-likeness (QED) is 0.513. The lowest BCUT2D eigenvalue weighted by Gasteiger charge is -2.05. The average molecular weight is 377 g/mol. The number of hydrogen-bond donors (Lipinski definition) is 0. The van der Waals surface area contributed by atoms with Crippen LogP contribution in [0.1, 0.15) is 0 Å². The van der Waals surface area contributed by atoms with E-state index in [4.69, 9.17) is 27.9 Å². The SMILES string of the molecule is COc1ccc(Cl)cc1-c1nn2c(-c3ccc(Cl)cc3)nnc2s1. The number of methoxy groups -OCH3 is 1. The Hall–Kier alpha value is -2.15. The molecule has 0 aliphatic rings. The predicted molar refractivity (Wildman–Crippen MR) is 96.1 cm³/mol. The normalized spacial score (nSPS) is 11.1. The van der Waals surface area contributed by atoms with Gasteiger partial charge in [-0.05, 0) is 42.5 Å². The van der Waals surface area contributed by atoms with Gasteiger partial charge in [0.2, 0.25) is 4.96 Å². The summed E-state index contributed by atoms with van der Waals surface area (Å²) in [6, 6.07) is 12.8. The number of halogens is 2. The lowest BCUT2D eigenvalue weighted by Crippen LogP contribution is -1.92. The molecule has 0 unspecified atom stereocenters. The fraction of sp³-hybridized carbons (Fsp3) is 0.0625. The van der Waals surface area contributed by atoms with Crippen LogP contribution in [0.4, 0.5) is 0 Å². The second-order valence-electron chi connectivity index (χ2n) is 4.98. The maximum absolute atomic E-state index is 6.11. The van der Waals surface area contributed by atoms with Crippen LogP contribution in [0.25, 0.3) is 26.9 Å². The molecule has 4 aromatic rings. The van der Waals surface area contributed by atoms with E-state index < -0.39 is 0 Å². The number of rotatable bonds is 3. The minimum atomic E-state index is 0.620. The van der Waals surface area contributed by atoms with Crippen molar-refractivity contribution in [3.05, 3.63) is 52.5 Å². The zero-order valence-corrected chi connectivity index (χ0v) is 14.7. The molecule has 0 saturated carbocycles. The summed E-state index contributed by atoms with van der Waals surface area (Å²) in [4.78, 5) is 0.692. The van der Waals surface area contributed by atoms with E-state index in [1.807, 2.05) is 36.4 Å². The Labute approximate surface area is 151 Å². The van der Waals surface area contributed by atoms with E-state index in [2.05, 4.69) is 15.3 Å². The monoisotopic (exact) mass is 376 g/mol. The largest absolute Gasteiger partial charge is 0.496 e. The molecule has 4 rings (SSSR count). The minimum absolute atomic E-state index is 0.620. The molecule has 0 amide bonds. The minimum Gasteiger partial charge on any atom is -0.496 e. The van der Waals surface area contributed by atoms with Gasteiger partial charge in [0.25, 0.3) is 0 Å². The molecule has 0 bridgehead atoms. The molecule has 5 nitrogen and oxygen atoms in total. The molecule has 2 heterocycles. The highest BCUT2D eigenvalue weighted by molar-refractivity contribution is 7.19. The van der Waals surface area contributed by atoms with Gasteiger partial charge in [-0.2, -0.15) is 9.61 Å². The maximum atomic E-state index is 6.11. The third-order valence-corrected chi connectivity index (χ3v) is 4.90. The molecule has 0 aliphatic heterocycles. The van der Waals surface area contributed by atoms with E-state index in [0.29, 0.717) is 26.6 Å². The van der Waals surface area contributed by atoms with Crippen molar-refractivity contribution in [1.29, 1.82) is 0 Å². The molecule has 0 fully saturated rings. The van der Waals surface area contributed by atoms with Gasteiger partial charge >= 0.3 is 0 Å².